The van der Waals surface area contributed by atoms with Gasteiger partial charge in [-0.2, -0.15) is 8.42 Å². The number of amides is 3. The summed E-state index contributed by atoms with van der Waals surface area (Å²) in [5, 5.41) is 15.2. The number of nitrogens with zero attached hydrogens (tertiary/aromatic N) is 3. The number of β-lactam (4-membered cyclic amide) rings is 1. The van der Waals surface area contributed by atoms with Crippen LogP contribution in [0.2, 0.25) is 0 Å². The van der Waals surface area contributed by atoms with Crippen molar-refractivity contribution in [3.05, 3.63) is 11.1 Å². The average molecular weight is 408 g/mol. The van der Waals surface area contributed by atoms with Crippen molar-refractivity contribution in [2.45, 2.75) is 12.1 Å². The summed E-state index contributed by atoms with van der Waals surface area (Å²) in [6.07, 6.45) is -1.26. The number of carbonyl (C=O) groups is 3. The number of aromatic nitrogens is 1. The molecular weight excluding hydrogens is 396 g/mol. The van der Waals surface area contributed by atoms with Crippen molar-refractivity contribution in [3.8, 4) is 0 Å². The molecule has 1 saturated heterocycles. The summed E-state index contributed by atoms with van der Waals surface area (Å²) in [6.45, 7) is -0.721. The largest absolute Gasteiger partial charge is 0.447 e. The quantitative estimate of drug-likeness (QED) is 0.109. The summed E-state index contributed by atoms with van der Waals surface area (Å²) >= 11 is 0.956. The third kappa shape index (κ3) is 3.81. The van der Waals surface area contributed by atoms with Gasteiger partial charge >= 0.3 is 16.4 Å². The van der Waals surface area contributed by atoms with E-state index in [1.165, 1.54) is 5.38 Å². The number of rotatable bonds is 6. The van der Waals surface area contributed by atoms with Crippen LogP contribution in [0.4, 0.5) is 9.93 Å². The minimum Gasteiger partial charge on any atom is -0.447 e. The van der Waals surface area contributed by atoms with Gasteiger partial charge in [-0.05, 0) is 0 Å². The molecule has 2 atom stereocenters. The number of anilines is 1. The lowest BCUT2D eigenvalue weighted by molar-refractivity contribution is -0.146. The first-order valence-electron chi connectivity index (χ1n) is 6.53. The second-order valence-corrected chi connectivity index (χ2v) is 6.96. The zero-order valence-corrected chi connectivity index (χ0v) is 14.2. The van der Waals surface area contributed by atoms with E-state index >= 15 is 0 Å². The summed E-state index contributed by atoms with van der Waals surface area (Å²) < 4.78 is 35.9. The number of nitrogens with one attached hydrogen (secondary N) is 1. The van der Waals surface area contributed by atoms with Gasteiger partial charge in [0.15, 0.2) is 10.8 Å². The predicted octanol–water partition coefficient (Wildman–Crippen LogP) is -2.50. The normalized spacial score (nSPS) is 20.4. The first-order chi connectivity index (χ1) is 12.1. The molecule has 26 heavy (non-hydrogen) atoms. The van der Waals surface area contributed by atoms with Gasteiger partial charge in [0, 0.05) is 5.38 Å². The molecule has 1 aromatic rings. The smallest absolute Gasteiger partial charge is 0.404 e. The summed E-state index contributed by atoms with van der Waals surface area (Å²) in [4.78, 5) is 38.5. The number of hydrogen-bond acceptors (Lipinski definition) is 11. The molecule has 1 fully saturated rings. The van der Waals surface area contributed by atoms with Gasteiger partial charge in [0.1, 0.15) is 24.4 Å². The van der Waals surface area contributed by atoms with Gasteiger partial charge in [-0.15, -0.1) is 11.3 Å². The Morgan fingerprint density at radius 1 is 1.50 bits per heavy atom. The number of oxime groups is 1. The Morgan fingerprint density at radius 2 is 2.15 bits per heavy atom. The van der Waals surface area contributed by atoms with Crippen molar-refractivity contribution in [1.29, 1.82) is 0 Å². The Labute approximate surface area is 149 Å². The van der Waals surface area contributed by atoms with Crippen molar-refractivity contribution in [1.82, 2.24) is 14.6 Å². The van der Waals surface area contributed by atoms with Crippen LogP contribution in [-0.2, 0) is 24.6 Å². The maximum Gasteiger partial charge on any atom is 0.404 e. The van der Waals surface area contributed by atoms with E-state index in [4.69, 9.17) is 21.2 Å². The van der Waals surface area contributed by atoms with E-state index < -0.39 is 52.6 Å². The van der Waals surface area contributed by atoms with E-state index in [2.05, 4.69) is 20.2 Å². The molecular formula is C10H12N6O8S2. The molecule has 2 rings (SSSR count). The Morgan fingerprint density at radius 3 is 2.62 bits per heavy atom. The maximum atomic E-state index is 12.2. The highest BCUT2D eigenvalue weighted by Crippen LogP contribution is 2.24. The Balaban J connectivity index is 2.18. The molecule has 0 spiro atoms. The van der Waals surface area contributed by atoms with Crippen LogP contribution in [0.5, 0.6) is 0 Å². The van der Waals surface area contributed by atoms with Crippen molar-refractivity contribution in [2.75, 3.05) is 12.3 Å². The van der Waals surface area contributed by atoms with E-state index in [1.807, 2.05) is 0 Å². The minimum absolute atomic E-state index is 0.0114. The van der Waals surface area contributed by atoms with Gasteiger partial charge < -0.3 is 26.7 Å². The molecule has 1 aliphatic rings. The third-order valence-electron chi connectivity index (χ3n) is 3.18. The Kier molecular flexibility index (Phi) is 5.28. The molecule has 0 saturated carbocycles. The first-order valence-corrected chi connectivity index (χ1v) is 8.81. The van der Waals surface area contributed by atoms with Gasteiger partial charge in [-0.25, -0.2) is 14.1 Å². The highest BCUT2D eigenvalue weighted by atomic mass is 32.2. The standard InChI is InChI=1S/C10H12N6O8S2/c11-9-13-3(2-25-9)5(15-20)7(17)14-6-4(1-24-10(12)19)16(8(6)18)26(21,22)23/h2,4,6,20H,1H2,(H2,11,13)(H2,12,19)(H,14,17)(H,21,22,23)/b15-5-/t4-,6+/m1/s1. The second kappa shape index (κ2) is 7.10. The summed E-state index contributed by atoms with van der Waals surface area (Å²) in [5.41, 5.74) is 9.50. The SMILES string of the molecule is NC(=O)OC[C@@H]1[C@H](NC(=O)/C(=N\O)c2csc(N)n2)C(=O)N1S(=O)(=O)O. The lowest BCUT2D eigenvalue weighted by Gasteiger charge is -2.43. The molecule has 0 aliphatic carbocycles. The molecule has 0 unspecified atom stereocenters. The minimum atomic E-state index is -4.96. The van der Waals surface area contributed by atoms with Crippen LogP contribution < -0.4 is 16.8 Å². The van der Waals surface area contributed by atoms with Crippen LogP contribution in [-0.4, -0.2) is 69.8 Å². The van der Waals surface area contributed by atoms with E-state index in [0.29, 0.717) is 0 Å². The van der Waals surface area contributed by atoms with Crippen molar-refractivity contribution in [3.63, 3.8) is 0 Å². The molecule has 0 aromatic carbocycles. The topological polar surface area (TPSA) is 228 Å². The number of hydrogen-bond donors (Lipinski definition) is 5. The maximum absolute atomic E-state index is 12.2. The third-order valence-corrected chi connectivity index (χ3v) is 4.80. The number of primary amides is 1. The Bertz CT molecular complexity index is 880. The number of nitrogens with two attached hydrogens (primary N) is 2. The summed E-state index contributed by atoms with van der Waals surface area (Å²) in [6, 6.07) is -2.95. The molecule has 16 heteroatoms. The lowest BCUT2D eigenvalue weighted by atomic mass is 9.99. The number of nitrogen functional groups attached to an aromatic ring is 1. The molecule has 1 aliphatic heterocycles. The van der Waals surface area contributed by atoms with Gasteiger partial charge in [0.05, 0.1) is 0 Å². The second-order valence-electron chi connectivity index (χ2n) is 4.78. The zero-order chi connectivity index (χ0) is 19.6. The molecule has 7 N–H and O–H groups in total. The highest BCUT2D eigenvalue weighted by Gasteiger charge is 2.54. The highest BCUT2D eigenvalue weighted by molar-refractivity contribution is 7.84. The van der Waals surface area contributed by atoms with Crippen molar-refractivity contribution in [2.24, 2.45) is 10.9 Å². The molecule has 0 bridgehead atoms. The van der Waals surface area contributed by atoms with E-state index in [-0.39, 0.29) is 15.1 Å². The zero-order valence-electron chi connectivity index (χ0n) is 12.6. The number of ether oxygens (including phenoxy) is 1. The molecule has 1 aromatic heterocycles. The van der Waals surface area contributed by atoms with Crippen LogP contribution in [0.25, 0.3) is 0 Å². The van der Waals surface area contributed by atoms with Crippen LogP contribution in [0.15, 0.2) is 10.5 Å². The van der Waals surface area contributed by atoms with Gasteiger partial charge in [-0.1, -0.05) is 5.16 Å². The summed E-state index contributed by atoms with van der Waals surface area (Å²) in [5.74, 6) is -2.29. The summed E-state index contributed by atoms with van der Waals surface area (Å²) in [7, 11) is -4.96. The van der Waals surface area contributed by atoms with Crippen molar-refractivity contribution >= 4 is 50.4 Å². The Hall–Kier alpha value is -2.98. The van der Waals surface area contributed by atoms with E-state index in [1.54, 1.807) is 0 Å². The van der Waals surface area contributed by atoms with Crippen molar-refractivity contribution < 1.29 is 37.3 Å². The molecule has 0 radical (unpaired) electrons. The molecule has 142 valence electrons. The van der Waals surface area contributed by atoms with Crippen LogP contribution in [0, 0.1) is 0 Å². The molecule has 2 heterocycles. The monoisotopic (exact) mass is 408 g/mol. The van der Waals surface area contributed by atoms with Gasteiger partial charge in [-0.3, -0.25) is 14.1 Å². The fourth-order valence-corrected chi connectivity index (χ4v) is 3.52. The fourth-order valence-electron chi connectivity index (χ4n) is 2.11. The van der Waals surface area contributed by atoms with Gasteiger partial charge in [0.2, 0.25) is 0 Å². The van der Waals surface area contributed by atoms with Crippen LogP contribution in [0.1, 0.15) is 5.69 Å². The van der Waals surface area contributed by atoms with E-state index in [0.717, 1.165) is 11.3 Å². The molecule has 3 amide bonds. The first kappa shape index (κ1) is 19.3. The van der Waals surface area contributed by atoms with Crippen LogP contribution >= 0.6 is 11.3 Å². The van der Waals surface area contributed by atoms with Gasteiger partial charge in [0.25, 0.3) is 11.8 Å². The fraction of sp³-hybridized carbons (Fsp3) is 0.300. The predicted molar refractivity (Wildman–Crippen MR) is 84.5 cm³/mol. The number of carbonyl (C=O) groups excluding carboxylic acids is 3. The lowest BCUT2D eigenvalue weighted by Crippen LogP contribution is -2.73. The van der Waals surface area contributed by atoms with E-state index in [9.17, 15) is 22.8 Å². The van der Waals surface area contributed by atoms with Crippen LogP contribution in [0.3, 0.4) is 0 Å². The average Bonchev–Trinajstić information content (AvgIpc) is 2.94. The molecule has 14 nitrogen and oxygen atoms in total. The number of thiazole rings is 1.